The molecule has 0 saturated carbocycles. The highest BCUT2D eigenvalue weighted by atomic mass is 79.9. The van der Waals surface area contributed by atoms with Crippen LogP contribution in [0, 0.1) is 0 Å². The Bertz CT molecular complexity index is 1000. The Labute approximate surface area is 159 Å². The van der Waals surface area contributed by atoms with E-state index in [0.717, 1.165) is 20.8 Å². The highest BCUT2D eigenvalue weighted by molar-refractivity contribution is 9.10. The quantitative estimate of drug-likeness (QED) is 0.600. The highest BCUT2D eigenvalue weighted by Gasteiger charge is 2.13. The minimum absolute atomic E-state index is 0.102. The summed E-state index contributed by atoms with van der Waals surface area (Å²) < 4.78 is 8.14. The second-order valence-electron chi connectivity index (χ2n) is 6.61. The summed E-state index contributed by atoms with van der Waals surface area (Å²) >= 11 is 3.53. The van der Waals surface area contributed by atoms with Crippen molar-refractivity contribution in [2.24, 2.45) is 7.05 Å². The molecule has 0 radical (unpaired) electrons. The predicted molar refractivity (Wildman–Crippen MR) is 107 cm³/mol. The van der Waals surface area contributed by atoms with Gasteiger partial charge in [-0.25, -0.2) is 0 Å². The van der Waals surface area contributed by atoms with Crippen LogP contribution in [0.25, 0.3) is 21.7 Å². The lowest BCUT2D eigenvalue weighted by atomic mass is 10.1. The van der Waals surface area contributed by atoms with Crippen LogP contribution in [0.1, 0.15) is 13.8 Å². The Balaban J connectivity index is 1.96. The second kappa shape index (κ2) is 7.73. The average Bonchev–Trinajstić information content (AvgIpc) is 2.63. The number of nitrogens with one attached hydrogen (secondary N) is 1. The van der Waals surface area contributed by atoms with Crippen molar-refractivity contribution in [3.05, 3.63) is 45.4 Å². The lowest BCUT2D eigenvalue weighted by Gasteiger charge is -2.17. The van der Waals surface area contributed by atoms with Crippen LogP contribution >= 0.6 is 15.9 Å². The number of aryl methyl sites for hydroxylation is 1. The second-order valence-corrected chi connectivity index (χ2v) is 7.47. The largest absolute Gasteiger partial charge is 0.490 e. The number of nitrogens with zero attached hydrogens (tertiary/aromatic N) is 2. The van der Waals surface area contributed by atoms with Gasteiger partial charge >= 0.3 is 0 Å². The minimum atomic E-state index is -0.619. The average molecular weight is 420 g/mol. The van der Waals surface area contributed by atoms with Crippen LogP contribution in [-0.2, 0) is 7.05 Å². The number of halogens is 1. The molecule has 0 fully saturated rings. The third kappa shape index (κ3) is 3.75. The fraction of sp³-hybridized carbons (Fsp3) is 0.368. The first-order valence-electron chi connectivity index (χ1n) is 8.48. The summed E-state index contributed by atoms with van der Waals surface area (Å²) in [6.45, 7) is 4.66. The monoisotopic (exact) mass is 419 g/mol. The van der Waals surface area contributed by atoms with Crippen LogP contribution in [0.4, 0.5) is 0 Å². The molecule has 0 aliphatic carbocycles. The molecule has 0 saturated heterocycles. The minimum Gasteiger partial charge on any atom is -0.490 e. The predicted octanol–water partition coefficient (Wildman–Crippen LogP) is 2.59. The van der Waals surface area contributed by atoms with E-state index in [-0.39, 0.29) is 12.2 Å². The van der Waals surface area contributed by atoms with E-state index in [1.54, 1.807) is 24.0 Å². The fourth-order valence-electron chi connectivity index (χ4n) is 2.85. The molecule has 0 amide bonds. The van der Waals surface area contributed by atoms with Gasteiger partial charge in [-0.05, 0) is 33.4 Å². The van der Waals surface area contributed by atoms with Crippen molar-refractivity contribution >= 4 is 37.6 Å². The zero-order valence-electron chi connectivity index (χ0n) is 15.0. The van der Waals surface area contributed by atoms with E-state index in [4.69, 9.17) is 4.74 Å². The Hall–Kier alpha value is -1.96. The van der Waals surface area contributed by atoms with Gasteiger partial charge in [0.25, 0.3) is 5.56 Å². The van der Waals surface area contributed by atoms with E-state index in [1.165, 1.54) is 0 Å². The van der Waals surface area contributed by atoms with E-state index >= 15 is 0 Å². The number of hydrogen-bond donors (Lipinski definition) is 2. The molecule has 0 aliphatic heterocycles. The van der Waals surface area contributed by atoms with E-state index in [9.17, 15) is 9.90 Å². The SMILES string of the molecule is CC(C)NCC(O)COc1cc2c(cc1Br)c1ccncc1c(=O)n2C. The first kappa shape index (κ1) is 18.8. The van der Waals surface area contributed by atoms with Crippen LogP contribution in [-0.4, -0.2) is 40.0 Å². The van der Waals surface area contributed by atoms with Crippen LogP contribution in [0.15, 0.2) is 39.9 Å². The Morgan fingerprint density at radius 3 is 2.81 bits per heavy atom. The number of aliphatic hydroxyl groups excluding tert-OH is 1. The molecule has 2 heterocycles. The maximum absolute atomic E-state index is 12.6. The molecule has 2 N–H and O–H groups in total. The van der Waals surface area contributed by atoms with Gasteiger partial charge in [0.1, 0.15) is 18.5 Å². The van der Waals surface area contributed by atoms with E-state index < -0.39 is 6.10 Å². The summed E-state index contributed by atoms with van der Waals surface area (Å²) in [4.78, 5) is 16.6. The van der Waals surface area contributed by atoms with E-state index in [0.29, 0.717) is 23.7 Å². The number of aromatic nitrogens is 2. The van der Waals surface area contributed by atoms with Crippen molar-refractivity contribution in [2.45, 2.75) is 26.0 Å². The molecule has 3 rings (SSSR count). The molecule has 2 aromatic heterocycles. The lowest BCUT2D eigenvalue weighted by molar-refractivity contribution is 0.104. The molecule has 6 nitrogen and oxygen atoms in total. The van der Waals surface area contributed by atoms with Crippen molar-refractivity contribution < 1.29 is 9.84 Å². The zero-order chi connectivity index (χ0) is 18.8. The van der Waals surface area contributed by atoms with Gasteiger partial charge in [0.05, 0.1) is 15.4 Å². The number of pyridine rings is 2. The fourth-order valence-corrected chi connectivity index (χ4v) is 3.31. The summed E-state index contributed by atoms with van der Waals surface area (Å²) in [5, 5.41) is 15.6. The summed E-state index contributed by atoms with van der Waals surface area (Å²) in [6.07, 6.45) is 2.65. The Morgan fingerprint density at radius 2 is 2.08 bits per heavy atom. The molecule has 0 bridgehead atoms. The van der Waals surface area contributed by atoms with Crippen LogP contribution in [0.3, 0.4) is 0 Å². The summed E-state index contributed by atoms with van der Waals surface area (Å²) in [7, 11) is 1.73. The van der Waals surface area contributed by atoms with Crippen molar-refractivity contribution in [2.75, 3.05) is 13.2 Å². The van der Waals surface area contributed by atoms with Gasteiger partial charge in [-0.3, -0.25) is 9.78 Å². The molecule has 1 aromatic carbocycles. The molecule has 138 valence electrons. The number of fused-ring (bicyclic) bond motifs is 3. The molecule has 0 aliphatic rings. The lowest BCUT2D eigenvalue weighted by Crippen LogP contribution is -2.35. The van der Waals surface area contributed by atoms with Crippen molar-refractivity contribution in [1.82, 2.24) is 14.9 Å². The van der Waals surface area contributed by atoms with E-state index in [1.807, 2.05) is 32.0 Å². The topological polar surface area (TPSA) is 76.4 Å². The van der Waals surface area contributed by atoms with Gasteiger partial charge in [0, 0.05) is 43.5 Å². The van der Waals surface area contributed by atoms with Gasteiger partial charge < -0.3 is 19.7 Å². The summed E-state index contributed by atoms with van der Waals surface area (Å²) in [6, 6.07) is 5.90. The van der Waals surface area contributed by atoms with Gasteiger partial charge in [-0.1, -0.05) is 13.8 Å². The molecule has 3 aromatic rings. The normalized spacial score (nSPS) is 12.8. The number of ether oxygens (including phenoxy) is 1. The first-order chi connectivity index (χ1) is 12.4. The van der Waals surface area contributed by atoms with Gasteiger partial charge in [0.15, 0.2) is 0 Å². The molecule has 1 atom stereocenters. The molecule has 0 spiro atoms. The molecular weight excluding hydrogens is 398 g/mol. The first-order valence-corrected chi connectivity index (χ1v) is 9.28. The summed E-state index contributed by atoms with van der Waals surface area (Å²) in [5.41, 5.74) is 0.664. The number of aliphatic hydroxyl groups is 1. The molecule has 1 unspecified atom stereocenters. The van der Waals surface area contributed by atoms with Gasteiger partial charge in [-0.15, -0.1) is 0 Å². The van der Waals surface area contributed by atoms with Gasteiger partial charge in [-0.2, -0.15) is 0 Å². The van der Waals surface area contributed by atoms with Crippen molar-refractivity contribution in [3.8, 4) is 5.75 Å². The Kier molecular flexibility index (Phi) is 5.60. The zero-order valence-corrected chi connectivity index (χ0v) is 16.6. The van der Waals surface area contributed by atoms with Crippen LogP contribution in [0.2, 0.25) is 0 Å². The number of rotatable bonds is 6. The molecule has 7 heteroatoms. The summed E-state index contributed by atoms with van der Waals surface area (Å²) in [5.74, 6) is 0.588. The third-order valence-electron chi connectivity index (χ3n) is 4.25. The van der Waals surface area contributed by atoms with E-state index in [2.05, 4.69) is 26.2 Å². The van der Waals surface area contributed by atoms with Crippen molar-refractivity contribution in [1.29, 1.82) is 0 Å². The number of benzene rings is 1. The van der Waals surface area contributed by atoms with Crippen LogP contribution < -0.4 is 15.6 Å². The maximum atomic E-state index is 12.6. The van der Waals surface area contributed by atoms with Crippen molar-refractivity contribution in [3.63, 3.8) is 0 Å². The third-order valence-corrected chi connectivity index (χ3v) is 4.87. The smallest absolute Gasteiger partial charge is 0.260 e. The van der Waals surface area contributed by atoms with Crippen LogP contribution in [0.5, 0.6) is 5.75 Å². The standard InChI is InChI=1S/C19H22BrN3O3/c1-11(2)22-8-12(24)10-26-18-7-17-14(6-16(18)20)13-4-5-21-9-15(13)19(25)23(17)3/h4-7,9,11-12,22,24H,8,10H2,1-3H3. The molecular formula is C19H22BrN3O3. The Morgan fingerprint density at radius 1 is 1.31 bits per heavy atom. The number of hydrogen-bond acceptors (Lipinski definition) is 5. The highest BCUT2D eigenvalue weighted by Crippen LogP contribution is 2.33. The maximum Gasteiger partial charge on any atom is 0.260 e. The van der Waals surface area contributed by atoms with Gasteiger partial charge in [0.2, 0.25) is 0 Å². The molecule has 26 heavy (non-hydrogen) atoms.